The lowest BCUT2D eigenvalue weighted by atomic mass is 9.99. The van der Waals surface area contributed by atoms with Crippen LogP contribution in [0.2, 0.25) is 0 Å². The molecule has 0 unspecified atom stereocenters. The first-order valence-corrected chi connectivity index (χ1v) is 22.3. The molecular weight excluding hydrogens is 614 g/mol. The third kappa shape index (κ3) is 8.72. The smallest absolute Gasteiger partial charge is 0.0267 e. The van der Waals surface area contributed by atoms with Crippen LogP contribution in [-0.2, 0) is 25.7 Å². The maximum Gasteiger partial charge on any atom is 0.0267 e. The van der Waals surface area contributed by atoms with Crippen molar-refractivity contribution in [3.8, 4) is 0 Å². The van der Waals surface area contributed by atoms with E-state index in [9.17, 15) is 0 Å². The second-order valence-corrected chi connectivity index (χ2v) is 19.5. The standard InChI is InChI=1S/C46H62P2/c1-5-9-24-38-28-14-18-32-42(38)47(43-33-19-15-29-39(43)25-10-6-2)46(36-22-13-23-37-46)48(44-34-20-16-30-40(44)26-11-7-3)45-35-21-17-31-41(45)27-12-8-4/h14-21,28-35H,5-13,22-27,36-37H2,1-4H3. The Balaban J connectivity index is 1.87. The molecule has 1 fully saturated rings. The molecule has 1 aliphatic carbocycles. The maximum atomic E-state index is 2.59. The highest BCUT2D eigenvalue weighted by atomic mass is 31.2. The first-order chi connectivity index (χ1) is 23.7. The van der Waals surface area contributed by atoms with Crippen molar-refractivity contribution in [3.63, 3.8) is 0 Å². The number of unbranched alkanes of at least 4 members (excludes halogenated alkanes) is 4. The zero-order valence-corrected chi connectivity index (χ0v) is 32.4. The van der Waals surface area contributed by atoms with E-state index < -0.39 is 15.8 Å². The summed E-state index contributed by atoms with van der Waals surface area (Å²) >= 11 is 0. The van der Waals surface area contributed by atoms with E-state index in [1.54, 1.807) is 43.5 Å². The van der Waals surface area contributed by atoms with Crippen LogP contribution in [0, 0.1) is 0 Å². The lowest BCUT2D eigenvalue weighted by Gasteiger charge is -2.51. The summed E-state index contributed by atoms with van der Waals surface area (Å²) in [5.74, 6) is 0. The van der Waals surface area contributed by atoms with Crippen LogP contribution in [0.25, 0.3) is 0 Å². The third-order valence-electron chi connectivity index (χ3n) is 10.6. The summed E-state index contributed by atoms with van der Waals surface area (Å²) in [6.07, 6.45) is 21.5. The number of benzene rings is 4. The Labute approximate surface area is 297 Å². The molecule has 0 bridgehead atoms. The van der Waals surface area contributed by atoms with Crippen molar-refractivity contribution in [2.24, 2.45) is 0 Å². The SMILES string of the molecule is CCCCc1ccccc1P(c1ccccc1CCCC)C1(P(c2ccccc2CCCC)c2ccccc2CCCC)CCCCC1. The fourth-order valence-corrected chi connectivity index (χ4v) is 16.8. The largest absolute Gasteiger partial charge is 0.0654 e. The van der Waals surface area contributed by atoms with Crippen LogP contribution in [0.5, 0.6) is 0 Å². The van der Waals surface area contributed by atoms with Gasteiger partial charge in [-0.3, -0.25) is 0 Å². The Kier molecular flexibility index (Phi) is 14.8. The molecule has 5 rings (SSSR count). The molecule has 0 amide bonds. The molecule has 0 nitrogen and oxygen atoms in total. The summed E-state index contributed by atoms with van der Waals surface area (Å²) in [6, 6.07) is 39.1. The van der Waals surface area contributed by atoms with Crippen molar-refractivity contribution < 1.29 is 0 Å². The average molecular weight is 677 g/mol. The monoisotopic (exact) mass is 676 g/mol. The highest BCUT2D eigenvalue weighted by Gasteiger charge is 2.50. The van der Waals surface area contributed by atoms with E-state index in [1.807, 2.05) is 0 Å². The third-order valence-corrected chi connectivity index (χ3v) is 18.0. The normalized spacial score (nSPS) is 14.5. The summed E-state index contributed by atoms with van der Waals surface area (Å²) in [5.41, 5.74) is 6.48. The van der Waals surface area contributed by atoms with Crippen LogP contribution in [-0.4, -0.2) is 4.90 Å². The Morgan fingerprint density at radius 3 is 0.938 bits per heavy atom. The van der Waals surface area contributed by atoms with Crippen LogP contribution < -0.4 is 21.2 Å². The summed E-state index contributed by atoms with van der Waals surface area (Å²) < 4.78 is 0. The van der Waals surface area contributed by atoms with Crippen LogP contribution >= 0.6 is 15.8 Å². The van der Waals surface area contributed by atoms with Crippen molar-refractivity contribution in [3.05, 3.63) is 119 Å². The van der Waals surface area contributed by atoms with Crippen molar-refractivity contribution >= 4 is 37.1 Å². The minimum absolute atomic E-state index is 0.207. The van der Waals surface area contributed by atoms with E-state index in [1.165, 1.54) is 109 Å². The Hall–Kier alpha value is -2.26. The molecule has 48 heavy (non-hydrogen) atoms. The van der Waals surface area contributed by atoms with Gasteiger partial charge in [0, 0.05) is 4.90 Å². The molecule has 0 heterocycles. The predicted molar refractivity (Wildman–Crippen MR) is 218 cm³/mol. The van der Waals surface area contributed by atoms with Gasteiger partial charge in [0.2, 0.25) is 0 Å². The van der Waals surface area contributed by atoms with E-state index in [0.29, 0.717) is 0 Å². The van der Waals surface area contributed by atoms with Crippen LogP contribution in [0.1, 0.15) is 133 Å². The highest BCUT2D eigenvalue weighted by Crippen LogP contribution is 2.71. The highest BCUT2D eigenvalue weighted by molar-refractivity contribution is 7.91. The van der Waals surface area contributed by atoms with Gasteiger partial charge in [0.25, 0.3) is 0 Å². The molecule has 0 aromatic heterocycles. The number of aryl methyl sites for hydroxylation is 4. The summed E-state index contributed by atoms with van der Waals surface area (Å²) in [5, 5.41) is 6.76. The number of hydrogen-bond donors (Lipinski definition) is 0. The van der Waals surface area contributed by atoms with Gasteiger partial charge in [-0.25, -0.2) is 0 Å². The maximum absolute atomic E-state index is 2.59. The predicted octanol–water partition coefficient (Wildman–Crippen LogP) is 12.3. The van der Waals surface area contributed by atoms with Gasteiger partial charge in [-0.1, -0.05) is 170 Å². The molecule has 0 spiro atoms. The van der Waals surface area contributed by atoms with Crippen molar-refractivity contribution in [1.82, 2.24) is 0 Å². The van der Waals surface area contributed by atoms with Crippen molar-refractivity contribution in [1.29, 1.82) is 0 Å². The summed E-state index contributed by atoms with van der Waals surface area (Å²) in [4.78, 5) is 0.207. The first kappa shape index (κ1) is 37.0. The van der Waals surface area contributed by atoms with E-state index in [-0.39, 0.29) is 4.90 Å². The number of hydrogen-bond acceptors (Lipinski definition) is 0. The molecular formula is C46H62P2. The quantitative estimate of drug-likeness (QED) is 0.0920. The molecule has 0 saturated heterocycles. The van der Waals surface area contributed by atoms with Crippen molar-refractivity contribution in [2.75, 3.05) is 0 Å². The van der Waals surface area contributed by atoms with Crippen LogP contribution in [0.3, 0.4) is 0 Å². The Morgan fingerprint density at radius 2 is 0.667 bits per heavy atom. The van der Waals surface area contributed by atoms with E-state index >= 15 is 0 Å². The topological polar surface area (TPSA) is 0 Å². The van der Waals surface area contributed by atoms with Gasteiger partial charge in [-0.05, 0) is 124 Å². The fourth-order valence-electron chi connectivity index (χ4n) is 8.05. The second kappa shape index (κ2) is 19.2. The van der Waals surface area contributed by atoms with Crippen LogP contribution in [0.4, 0.5) is 0 Å². The van der Waals surface area contributed by atoms with E-state index in [2.05, 4.69) is 125 Å². The molecule has 0 radical (unpaired) electrons. The Bertz CT molecular complexity index is 1320. The minimum atomic E-state index is -0.636. The van der Waals surface area contributed by atoms with Crippen molar-refractivity contribution in [2.45, 2.75) is 142 Å². The molecule has 1 aliphatic rings. The second-order valence-electron chi connectivity index (χ2n) is 14.1. The Morgan fingerprint density at radius 1 is 0.396 bits per heavy atom. The zero-order valence-electron chi connectivity index (χ0n) is 30.7. The summed E-state index contributed by atoms with van der Waals surface area (Å²) in [6.45, 7) is 9.42. The molecule has 2 heteroatoms. The summed E-state index contributed by atoms with van der Waals surface area (Å²) in [7, 11) is -1.27. The van der Waals surface area contributed by atoms with E-state index in [0.717, 1.165) is 0 Å². The molecule has 1 saturated carbocycles. The van der Waals surface area contributed by atoms with E-state index in [4.69, 9.17) is 0 Å². The molecule has 0 atom stereocenters. The molecule has 4 aromatic rings. The molecule has 0 aliphatic heterocycles. The average Bonchev–Trinajstić information content (AvgIpc) is 3.14. The van der Waals surface area contributed by atoms with Gasteiger partial charge in [-0.15, -0.1) is 0 Å². The van der Waals surface area contributed by atoms with Crippen LogP contribution in [0.15, 0.2) is 97.1 Å². The zero-order chi connectivity index (χ0) is 33.6. The minimum Gasteiger partial charge on any atom is -0.0654 e. The van der Waals surface area contributed by atoms with Gasteiger partial charge in [0.05, 0.1) is 0 Å². The van der Waals surface area contributed by atoms with Gasteiger partial charge >= 0.3 is 0 Å². The lowest BCUT2D eigenvalue weighted by molar-refractivity contribution is 0.483. The van der Waals surface area contributed by atoms with Gasteiger partial charge in [0.15, 0.2) is 0 Å². The number of rotatable bonds is 18. The molecule has 256 valence electrons. The van der Waals surface area contributed by atoms with Gasteiger partial charge < -0.3 is 0 Å². The lowest BCUT2D eigenvalue weighted by Crippen LogP contribution is -2.43. The fraction of sp³-hybridized carbons (Fsp3) is 0.478. The van der Waals surface area contributed by atoms with Gasteiger partial charge in [-0.2, -0.15) is 0 Å². The van der Waals surface area contributed by atoms with Gasteiger partial charge in [0.1, 0.15) is 0 Å². The molecule has 0 N–H and O–H groups in total. The molecule has 4 aromatic carbocycles. The first-order valence-electron chi connectivity index (χ1n) is 19.6.